The predicted molar refractivity (Wildman–Crippen MR) is 103 cm³/mol. The van der Waals surface area contributed by atoms with Crippen molar-refractivity contribution >= 4 is 5.78 Å². The number of benzene rings is 3. The highest BCUT2D eigenvalue weighted by Gasteiger charge is 2.17. The number of rotatable bonds is 7. The van der Waals surface area contributed by atoms with E-state index in [4.69, 9.17) is 9.47 Å². The van der Waals surface area contributed by atoms with Crippen LogP contribution in [0.2, 0.25) is 0 Å². The van der Waals surface area contributed by atoms with Crippen molar-refractivity contribution in [3.05, 3.63) is 95.1 Å². The van der Waals surface area contributed by atoms with Gasteiger partial charge in [-0.25, -0.2) is 0 Å². The number of ether oxygens (including phenoxy) is 2. The van der Waals surface area contributed by atoms with Gasteiger partial charge in [-0.2, -0.15) is 0 Å². The van der Waals surface area contributed by atoms with Gasteiger partial charge >= 0.3 is 0 Å². The predicted octanol–water partition coefficient (Wildman–Crippen LogP) is 5.36. The fraction of sp³-hybridized carbons (Fsp3) is 0.174. The van der Waals surface area contributed by atoms with Crippen LogP contribution in [0.3, 0.4) is 0 Å². The standard InChI is InChI=1S/C23H22O3/c1-17-13-21(25-15-19-9-5-3-6-10-19)23(18(2)24)22(14-17)26-16-20-11-7-4-8-12-20/h3-14H,15-16H2,1-2H3. The lowest BCUT2D eigenvalue weighted by Gasteiger charge is -2.16. The van der Waals surface area contributed by atoms with Crippen LogP contribution in [0.5, 0.6) is 11.5 Å². The molecule has 0 saturated heterocycles. The molecule has 0 aliphatic rings. The van der Waals surface area contributed by atoms with Crippen molar-refractivity contribution in [2.24, 2.45) is 0 Å². The molecule has 3 nitrogen and oxygen atoms in total. The molecule has 3 rings (SSSR count). The average molecular weight is 346 g/mol. The van der Waals surface area contributed by atoms with E-state index in [2.05, 4.69) is 0 Å². The minimum atomic E-state index is -0.0730. The molecule has 0 unspecified atom stereocenters. The lowest BCUT2D eigenvalue weighted by molar-refractivity contribution is 0.100. The summed E-state index contributed by atoms with van der Waals surface area (Å²) < 4.78 is 11.9. The first-order valence-electron chi connectivity index (χ1n) is 8.62. The Hall–Kier alpha value is -3.07. The van der Waals surface area contributed by atoms with Crippen LogP contribution in [-0.2, 0) is 13.2 Å². The highest BCUT2D eigenvalue weighted by molar-refractivity contribution is 5.99. The molecule has 0 spiro atoms. The van der Waals surface area contributed by atoms with Crippen molar-refractivity contribution in [3.8, 4) is 11.5 Å². The second-order valence-electron chi connectivity index (χ2n) is 6.24. The molecule has 0 atom stereocenters. The van der Waals surface area contributed by atoms with Crippen molar-refractivity contribution in [1.29, 1.82) is 0 Å². The Bertz CT molecular complexity index is 806. The first kappa shape index (κ1) is 17.7. The van der Waals surface area contributed by atoms with E-state index in [9.17, 15) is 4.79 Å². The van der Waals surface area contributed by atoms with Crippen molar-refractivity contribution in [2.75, 3.05) is 0 Å². The average Bonchev–Trinajstić information content (AvgIpc) is 2.65. The Morgan fingerprint density at radius 1 is 0.769 bits per heavy atom. The Kier molecular flexibility index (Phi) is 5.69. The van der Waals surface area contributed by atoms with Crippen molar-refractivity contribution in [1.82, 2.24) is 0 Å². The van der Waals surface area contributed by atoms with Crippen LogP contribution >= 0.6 is 0 Å². The summed E-state index contributed by atoms with van der Waals surface area (Å²) >= 11 is 0. The van der Waals surface area contributed by atoms with Crippen LogP contribution in [0.4, 0.5) is 0 Å². The third-order valence-electron chi connectivity index (χ3n) is 4.04. The first-order chi connectivity index (χ1) is 12.6. The monoisotopic (exact) mass is 346 g/mol. The molecule has 26 heavy (non-hydrogen) atoms. The third kappa shape index (κ3) is 4.51. The third-order valence-corrected chi connectivity index (χ3v) is 4.04. The largest absolute Gasteiger partial charge is 0.488 e. The number of aryl methyl sites for hydroxylation is 1. The molecular formula is C23H22O3. The number of carbonyl (C=O) groups is 1. The minimum Gasteiger partial charge on any atom is -0.488 e. The molecule has 3 aromatic rings. The second-order valence-corrected chi connectivity index (χ2v) is 6.24. The van der Waals surface area contributed by atoms with E-state index in [0.29, 0.717) is 30.3 Å². The molecule has 0 radical (unpaired) electrons. The summed E-state index contributed by atoms with van der Waals surface area (Å²) in [6.45, 7) is 4.31. The highest BCUT2D eigenvalue weighted by atomic mass is 16.5. The molecule has 0 amide bonds. The number of hydrogen-bond acceptors (Lipinski definition) is 3. The zero-order chi connectivity index (χ0) is 18.4. The molecule has 0 heterocycles. The van der Waals surface area contributed by atoms with Crippen LogP contribution in [0.15, 0.2) is 72.8 Å². The number of ketones is 1. The molecule has 0 fully saturated rings. The van der Waals surface area contributed by atoms with Gasteiger partial charge in [0.15, 0.2) is 5.78 Å². The molecular weight excluding hydrogens is 324 g/mol. The molecule has 3 aromatic carbocycles. The number of hydrogen-bond donors (Lipinski definition) is 0. The van der Waals surface area contributed by atoms with Gasteiger partial charge in [0.05, 0.1) is 0 Å². The van der Waals surface area contributed by atoms with Gasteiger partial charge in [-0.1, -0.05) is 60.7 Å². The summed E-state index contributed by atoms with van der Waals surface area (Å²) in [5.74, 6) is 1.05. The maximum atomic E-state index is 12.3. The van der Waals surface area contributed by atoms with E-state index in [1.165, 1.54) is 6.92 Å². The quantitative estimate of drug-likeness (QED) is 0.541. The van der Waals surface area contributed by atoms with E-state index in [1.807, 2.05) is 79.7 Å². The fourth-order valence-electron chi connectivity index (χ4n) is 2.77. The van der Waals surface area contributed by atoms with E-state index < -0.39 is 0 Å². The highest BCUT2D eigenvalue weighted by Crippen LogP contribution is 2.32. The summed E-state index contributed by atoms with van der Waals surface area (Å²) in [6.07, 6.45) is 0. The van der Waals surface area contributed by atoms with Gasteiger partial charge in [0, 0.05) is 0 Å². The van der Waals surface area contributed by atoms with Gasteiger partial charge in [0.2, 0.25) is 0 Å². The molecule has 0 aliphatic carbocycles. The molecule has 0 N–H and O–H groups in total. The van der Waals surface area contributed by atoms with Gasteiger partial charge in [-0.15, -0.1) is 0 Å². The maximum absolute atomic E-state index is 12.3. The summed E-state index contributed by atoms with van der Waals surface area (Å²) in [4.78, 5) is 12.3. The van der Waals surface area contributed by atoms with Gasteiger partial charge in [-0.05, 0) is 42.7 Å². The normalized spacial score (nSPS) is 10.4. The van der Waals surface area contributed by atoms with Crippen LogP contribution in [0.25, 0.3) is 0 Å². The van der Waals surface area contributed by atoms with E-state index in [-0.39, 0.29) is 5.78 Å². The first-order valence-corrected chi connectivity index (χ1v) is 8.62. The maximum Gasteiger partial charge on any atom is 0.167 e. The summed E-state index contributed by atoms with van der Waals surface area (Å²) in [7, 11) is 0. The van der Waals surface area contributed by atoms with Gasteiger partial charge in [0.1, 0.15) is 30.3 Å². The molecule has 0 bridgehead atoms. The van der Waals surface area contributed by atoms with Crippen LogP contribution < -0.4 is 9.47 Å². The Morgan fingerprint density at radius 2 is 1.19 bits per heavy atom. The van der Waals surface area contributed by atoms with Crippen LogP contribution in [0, 0.1) is 6.92 Å². The van der Waals surface area contributed by atoms with Gasteiger partial charge in [0.25, 0.3) is 0 Å². The Morgan fingerprint density at radius 3 is 1.58 bits per heavy atom. The zero-order valence-electron chi connectivity index (χ0n) is 15.1. The van der Waals surface area contributed by atoms with E-state index >= 15 is 0 Å². The van der Waals surface area contributed by atoms with Gasteiger partial charge < -0.3 is 9.47 Å². The smallest absolute Gasteiger partial charge is 0.167 e. The van der Waals surface area contributed by atoms with Gasteiger partial charge in [-0.3, -0.25) is 4.79 Å². The number of carbonyl (C=O) groups excluding carboxylic acids is 1. The summed E-state index contributed by atoms with van der Waals surface area (Å²) in [6, 6.07) is 23.6. The van der Waals surface area contributed by atoms with Crippen molar-refractivity contribution < 1.29 is 14.3 Å². The molecule has 0 aromatic heterocycles. The second kappa shape index (κ2) is 8.34. The SMILES string of the molecule is CC(=O)c1c(OCc2ccccc2)cc(C)cc1OCc1ccccc1. The lowest BCUT2D eigenvalue weighted by Crippen LogP contribution is -2.06. The van der Waals surface area contributed by atoms with E-state index in [0.717, 1.165) is 16.7 Å². The van der Waals surface area contributed by atoms with E-state index in [1.54, 1.807) is 0 Å². The van der Waals surface area contributed by atoms with Crippen LogP contribution in [-0.4, -0.2) is 5.78 Å². The lowest BCUT2D eigenvalue weighted by atomic mass is 10.1. The van der Waals surface area contributed by atoms with Crippen LogP contribution in [0.1, 0.15) is 34.0 Å². The summed E-state index contributed by atoms with van der Waals surface area (Å²) in [5, 5.41) is 0. The minimum absolute atomic E-state index is 0.0730. The Balaban J connectivity index is 1.84. The molecule has 132 valence electrons. The molecule has 0 aliphatic heterocycles. The zero-order valence-corrected chi connectivity index (χ0v) is 15.1. The summed E-state index contributed by atoms with van der Waals surface area (Å²) in [5.41, 5.74) is 3.58. The fourth-order valence-corrected chi connectivity index (χ4v) is 2.77. The molecule has 0 saturated carbocycles. The van der Waals surface area contributed by atoms with Crippen molar-refractivity contribution in [2.45, 2.75) is 27.1 Å². The topological polar surface area (TPSA) is 35.5 Å². The Labute approximate surface area is 154 Å². The van der Waals surface area contributed by atoms with Crippen molar-refractivity contribution in [3.63, 3.8) is 0 Å². The molecule has 3 heteroatoms. The number of Topliss-reactive ketones (excluding diaryl/α,β-unsaturated/α-hetero) is 1.